The van der Waals surface area contributed by atoms with E-state index in [1.165, 1.54) is 36.0 Å². The number of benzene rings is 1. The summed E-state index contributed by atoms with van der Waals surface area (Å²) in [6.07, 6.45) is 7.57. The molecule has 1 aromatic carbocycles. The maximum atomic E-state index is 9.42. The van der Waals surface area contributed by atoms with Crippen LogP contribution in [-0.2, 0) is 19.3 Å². The molecule has 2 rings (SSSR count). The lowest BCUT2D eigenvalue weighted by Gasteiger charge is -2.14. The van der Waals surface area contributed by atoms with E-state index in [1.54, 1.807) is 0 Å². The Labute approximate surface area is 110 Å². The number of hydrogen-bond donors (Lipinski definition) is 2. The van der Waals surface area contributed by atoms with Crippen LogP contribution in [0, 0.1) is 5.92 Å². The Morgan fingerprint density at radius 3 is 2.67 bits per heavy atom. The average molecular weight is 248 g/mol. The van der Waals surface area contributed by atoms with Crippen LogP contribution in [0.2, 0.25) is 0 Å². The van der Waals surface area contributed by atoms with Gasteiger partial charge >= 0.3 is 0 Å². The minimum absolute atomic E-state index is 0.252. The molecule has 0 aliphatic heterocycles. The van der Waals surface area contributed by atoms with Crippen LogP contribution < -0.4 is 0 Å². The molecule has 0 heterocycles. The van der Waals surface area contributed by atoms with Crippen molar-refractivity contribution < 1.29 is 10.2 Å². The van der Waals surface area contributed by atoms with Gasteiger partial charge in [-0.15, -0.1) is 0 Å². The zero-order valence-corrected chi connectivity index (χ0v) is 11.1. The Morgan fingerprint density at radius 1 is 1.06 bits per heavy atom. The quantitative estimate of drug-likeness (QED) is 0.728. The van der Waals surface area contributed by atoms with E-state index in [0.717, 1.165) is 25.7 Å². The van der Waals surface area contributed by atoms with Gasteiger partial charge in [-0.2, -0.15) is 0 Å². The summed E-state index contributed by atoms with van der Waals surface area (Å²) >= 11 is 0. The molecule has 2 heteroatoms. The molecular formula is C16H24O2. The molecule has 0 aromatic heterocycles. The molecule has 1 aliphatic rings. The fraction of sp³-hybridized carbons (Fsp3) is 0.625. The Balaban J connectivity index is 1.90. The van der Waals surface area contributed by atoms with Gasteiger partial charge in [0.1, 0.15) is 0 Å². The number of fused-ring (bicyclic) bond motifs is 1. The highest BCUT2D eigenvalue weighted by molar-refractivity contribution is 5.35. The fourth-order valence-corrected chi connectivity index (χ4v) is 2.89. The van der Waals surface area contributed by atoms with Crippen molar-refractivity contribution in [3.63, 3.8) is 0 Å². The van der Waals surface area contributed by atoms with Crippen molar-refractivity contribution in [3.8, 4) is 0 Å². The molecule has 1 atom stereocenters. The average Bonchev–Trinajstić information content (AvgIpc) is 2.85. The Bertz CT molecular complexity index is 373. The first-order valence-electron chi connectivity index (χ1n) is 7.16. The molecule has 0 radical (unpaired) electrons. The third-order valence-electron chi connectivity index (χ3n) is 3.97. The number of rotatable bonds is 7. The predicted molar refractivity (Wildman–Crippen MR) is 73.7 cm³/mol. The Morgan fingerprint density at radius 2 is 1.89 bits per heavy atom. The molecule has 0 amide bonds. The highest BCUT2D eigenvalue weighted by Gasteiger charge is 2.13. The summed E-state index contributed by atoms with van der Waals surface area (Å²) in [5, 5.41) is 18.2. The van der Waals surface area contributed by atoms with E-state index in [1.807, 2.05) is 0 Å². The molecular weight excluding hydrogens is 224 g/mol. The van der Waals surface area contributed by atoms with E-state index in [2.05, 4.69) is 18.2 Å². The van der Waals surface area contributed by atoms with Crippen LogP contribution in [0.1, 0.15) is 42.4 Å². The maximum Gasteiger partial charge on any atom is 0.0462 e. The van der Waals surface area contributed by atoms with Gasteiger partial charge in [0, 0.05) is 13.2 Å². The van der Waals surface area contributed by atoms with Crippen molar-refractivity contribution in [2.45, 2.75) is 44.9 Å². The second-order valence-corrected chi connectivity index (χ2v) is 5.43. The van der Waals surface area contributed by atoms with Gasteiger partial charge in [-0.25, -0.2) is 0 Å². The standard InChI is InChI=1S/C16H24O2/c17-9-2-1-4-14(12-18)10-13-7-8-15-5-3-6-16(15)11-13/h7-8,11,14,17-18H,1-6,9-10,12H2/t14-/m1/s1. The molecule has 0 saturated carbocycles. The zero-order chi connectivity index (χ0) is 12.8. The van der Waals surface area contributed by atoms with E-state index in [9.17, 15) is 5.11 Å². The number of aliphatic hydroxyl groups is 2. The largest absolute Gasteiger partial charge is 0.396 e. The highest BCUT2D eigenvalue weighted by Crippen LogP contribution is 2.24. The van der Waals surface area contributed by atoms with E-state index in [0.29, 0.717) is 5.92 Å². The SMILES string of the molecule is OCCCC[C@@H](CO)Cc1ccc2c(c1)CCC2. The van der Waals surface area contributed by atoms with Crippen LogP contribution in [-0.4, -0.2) is 23.4 Å². The first kappa shape index (κ1) is 13.6. The molecule has 1 aromatic rings. The lowest BCUT2D eigenvalue weighted by Crippen LogP contribution is -2.10. The first-order chi connectivity index (χ1) is 8.83. The Kier molecular flexibility index (Phi) is 5.21. The van der Waals surface area contributed by atoms with Gasteiger partial charge in [0.05, 0.1) is 0 Å². The molecule has 1 aliphatic carbocycles. The van der Waals surface area contributed by atoms with Crippen LogP contribution in [0.25, 0.3) is 0 Å². The van der Waals surface area contributed by atoms with Crippen molar-refractivity contribution in [1.82, 2.24) is 0 Å². The summed E-state index contributed by atoms with van der Waals surface area (Å²) in [5.74, 6) is 0.344. The smallest absolute Gasteiger partial charge is 0.0462 e. The van der Waals surface area contributed by atoms with Gasteiger partial charge in [-0.05, 0) is 61.1 Å². The topological polar surface area (TPSA) is 40.5 Å². The molecule has 100 valence electrons. The number of hydrogen-bond acceptors (Lipinski definition) is 2. The van der Waals surface area contributed by atoms with Gasteiger partial charge in [0.25, 0.3) is 0 Å². The van der Waals surface area contributed by atoms with E-state index in [-0.39, 0.29) is 13.2 Å². The second kappa shape index (κ2) is 6.91. The fourth-order valence-electron chi connectivity index (χ4n) is 2.89. The summed E-state index contributed by atoms with van der Waals surface area (Å²) in [7, 11) is 0. The minimum Gasteiger partial charge on any atom is -0.396 e. The number of aryl methyl sites for hydroxylation is 2. The monoisotopic (exact) mass is 248 g/mol. The van der Waals surface area contributed by atoms with Gasteiger partial charge in [-0.3, -0.25) is 0 Å². The third kappa shape index (κ3) is 3.56. The van der Waals surface area contributed by atoms with E-state index >= 15 is 0 Å². The molecule has 0 bridgehead atoms. The lowest BCUT2D eigenvalue weighted by atomic mass is 9.93. The van der Waals surface area contributed by atoms with Crippen molar-refractivity contribution in [2.24, 2.45) is 5.92 Å². The van der Waals surface area contributed by atoms with Crippen LogP contribution in [0.5, 0.6) is 0 Å². The number of unbranched alkanes of at least 4 members (excludes halogenated alkanes) is 1. The molecule has 0 saturated heterocycles. The Hall–Kier alpha value is -0.860. The summed E-state index contributed by atoms with van der Waals surface area (Å²) in [4.78, 5) is 0. The summed E-state index contributed by atoms with van der Waals surface area (Å²) in [6, 6.07) is 6.82. The normalized spacial score (nSPS) is 15.7. The van der Waals surface area contributed by atoms with Crippen LogP contribution in [0.4, 0.5) is 0 Å². The lowest BCUT2D eigenvalue weighted by molar-refractivity contribution is 0.209. The summed E-state index contributed by atoms with van der Waals surface area (Å²) < 4.78 is 0. The van der Waals surface area contributed by atoms with E-state index < -0.39 is 0 Å². The summed E-state index contributed by atoms with van der Waals surface area (Å²) in [5.41, 5.74) is 4.39. The van der Waals surface area contributed by atoms with Crippen LogP contribution in [0.3, 0.4) is 0 Å². The third-order valence-corrected chi connectivity index (χ3v) is 3.97. The number of aliphatic hydroxyl groups excluding tert-OH is 2. The molecule has 2 nitrogen and oxygen atoms in total. The summed E-state index contributed by atoms with van der Waals surface area (Å²) in [6.45, 7) is 0.513. The van der Waals surface area contributed by atoms with Crippen LogP contribution in [0.15, 0.2) is 18.2 Å². The van der Waals surface area contributed by atoms with Crippen LogP contribution >= 0.6 is 0 Å². The van der Waals surface area contributed by atoms with Crippen molar-refractivity contribution in [3.05, 3.63) is 34.9 Å². The highest BCUT2D eigenvalue weighted by atomic mass is 16.3. The second-order valence-electron chi connectivity index (χ2n) is 5.43. The van der Waals surface area contributed by atoms with Gasteiger partial charge in [-0.1, -0.05) is 24.6 Å². The zero-order valence-electron chi connectivity index (χ0n) is 11.1. The van der Waals surface area contributed by atoms with Gasteiger partial charge in [0.15, 0.2) is 0 Å². The molecule has 0 fully saturated rings. The predicted octanol–water partition coefficient (Wildman–Crippen LogP) is 2.49. The van der Waals surface area contributed by atoms with Crippen molar-refractivity contribution >= 4 is 0 Å². The van der Waals surface area contributed by atoms with E-state index in [4.69, 9.17) is 5.11 Å². The maximum absolute atomic E-state index is 9.42. The molecule has 18 heavy (non-hydrogen) atoms. The van der Waals surface area contributed by atoms with Crippen molar-refractivity contribution in [2.75, 3.05) is 13.2 Å². The minimum atomic E-state index is 0.252. The molecule has 2 N–H and O–H groups in total. The van der Waals surface area contributed by atoms with Crippen molar-refractivity contribution in [1.29, 1.82) is 0 Å². The first-order valence-corrected chi connectivity index (χ1v) is 7.16. The molecule has 0 spiro atoms. The van der Waals surface area contributed by atoms with Gasteiger partial charge < -0.3 is 10.2 Å². The van der Waals surface area contributed by atoms with Gasteiger partial charge in [0.2, 0.25) is 0 Å². The molecule has 0 unspecified atom stereocenters.